The van der Waals surface area contributed by atoms with Crippen LogP contribution in [0.15, 0.2) is 72.0 Å². The highest BCUT2D eigenvalue weighted by atomic mass is 32.2. The van der Waals surface area contributed by atoms with Gasteiger partial charge in [0.05, 0.1) is 12.2 Å². The fraction of sp³-hybridized carbons (Fsp3) is 0.160. The molecule has 0 spiro atoms. The first-order valence-electron chi connectivity index (χ1n) is 11.1. The molecular weight excluding hydrogens is 509 g/mol. The predicted molar refractivity (Wildman–Crippen MR) is 130 cm³/mol. The first kappa shape index (κ1) is 25.9. The number of amides is 1. The molecule has 12 heteroatoms. The number of aromatic nitrogens is 3. The number of carbonyl (C=O) groups is 1. The van der Waals surface area contributed by atoms with Crippen molar-refractivity contribution in [2.45, 2.75) is 25.3 Å². The van der Waals surface area contributed by atoms with Gasteiger partial charge in [-0.2, -0.15) is 9.40 Å². The van der Waals surface area contributed by atoms with Gasteiger partial charge in [0.25, 0.3) is 10.0 Å². The van der Waals surface area contributed by atoms with Crippen molar-refractivity contribution in [2.75, 3.05) is 10.9 Å². The standard InChI is InChI=1S/C25H21F3N4O4S/c1-3-31-15-17(16-11-13-29-14-12-16)24(30-31)22-19(27)9-10-20(23(22)28)32(25(33)36-4-2)37(34,35)21-8-6-5-7-18(21)26/h5-15H,3-4H2,1-2H3. The van der Waals surface area contributed by atoms with Crippen molar-refractivity contribution in [3.63, 3.8) is 0 Å². The van der Waals surface area contributed by atoms with E-state index in [1.54, 1.807) is 25.3 Å². The molecule has 2 aromatic heterocycles. The Morgan fingerprint density at radius 3 is 2.35 bits per heavy atom. The summed E-state index contributed by atoms with van der Waals surface area (Å²) in [7, 11) is -5.01. The maximum absolute atomic E-state index is 16.1. The summed E-state index contributed by atoms with van der Waals surface area (Å²) in [5.74, 6) is -3.61. The Kier molecular flexibility index (Phi) is 7.30. The third-order valence-corrected chi connectivity index (χ3v) is 7.11. The van der Waals surface area contributed by atoms with Gasteiger partial charge >= 0.3 is 6.09 Å². The van der Waals surface area contributed by atoms with Crippen molar-refractivity contribution in [1.82, 2.24) is 14.8 Å². The normalized spacial score (nSPS) is 11.4. The smallest absolute Gasteiger partial charge is 0.428 e. The van der Waals surface area contributed by atoms with E-state index in [0.29, 0.717) is 17.7 Å². The Labute approximate surface area is 211 Å². The molecule has 4 rings (SSSR count). The zero-order valence-electron chi connectivity index (χ0n) is 19.7. The molecule has 8 nitrogen and oxygen atoms in total. The highest BCUT2D eigenvalue weighted by Gasteiger charge is 2.37. The molecule has 0 N–H and O–H groups in total. The second-order valence-corrected chi connectivity index (χ2v) is 9.39. The average molecular weight is 531 g/mol. The van der Waals surface area contributed by atoms with Crippen molar-refractivity contribution in [3.05, 3.63) is 84.6 Å². The number of rotatable bonds is 7. The third kappa shape index (κ3) is 4.79. The predicted octanol–water partition coefficient (Wildman–Crippen LogP) is 5.40. The summed E-state index contributed by atoms with van der Waals surface area (Å²) in [5.41, 5.74) is -0.759. The zero-order valence-corrected chi connectivity index (χ0v) is 20.5. The first-order chi connectivity index (χ1) is 17.7. The lowest BCUT2D eigenvalue weighted by atomic mass is 10.0. The number of aryl methyl sites for hydroxylation is 1. The number of carbonyl (C=O) groups excluding carboxylic acids is 1. The number of pyridine rings is 1. The average Bonchev–Trinajstić information content (AvgIpc) is 3.30. The molecule has 37 heavy (non-hydrogen) atoms. The lowest BCUT2D eigenvalue weighted by Gasteiger charge is -2.23. The van der Waals surface area contributed by atoms with Crippen LogP contribution in [0.3, 0.4) is 0 Å². The molecule has 0 unspecified atom stereocenters. The van der Waals surface area contributed by atoms with Crippen LogP contribution in [0.1, 0.15) is 13.8 Å². The van der Waals surface area contributed by atoms with E-state index in [-0.39, 0.29) is 16.6 Å². The molecule has 1 amide bonds. The maximum Gasteiger partial charge on any atom is 0.428 e. The number of nitrogens with zero attached hydrogens (tertiary/aromatic N) is 4. The lowest BCUT2D eigenvalue weighted by Crippen LogP contribution is -2.38. The van der Waals surface area contributed by atoms with E-state index >= 15 is 8.78 Å². The first-order valence-corrected chi connectivity index (χ1v) is 12.6. The Hall–Kier alpha value is -4.19. The fourth-order valence-corrected chi connectivity index (χ4v) is 5.10. The van der Waals surface area contributed by atoms with Crippen molar-refractivity contribution in [1.29, 1.82) is 0 Å². The summed E-state index contributed by atoms with van der Waals surface area (Å²) in [5, 5.41) is 4.29. The molecular formula is C25H21F3N4O4S. The van der Waals surface area contributed by atoms with E-state index in [1.165, 1.54) is 36.1 Å². The van der Waals surface area contributed by atoms with Gasteiger partial charge in [-0.05, 0) is 55.8 Å². The minimum atomic E-state index is -5.01. The lowest BCUT2D eigenvalue weighted by molar-refractivity contribution is 0.164. The maximum atomic E-state index is 16.1. The Balaban J connectivity index is 1.98. The molecule has 0 atom stereocenters. The summed E-state index contributed by atoms with van der Waals surface area (Å²) >= 11 is 0. The summed E-state index contributed by atoms with van der Waals surface area (Å²) < 4.78 is 78.8. The largest absolute Gasteiger partial charge is 0.449 e. The molecule has 4 aromatic rings. The summed E-state index contributed by atoms with van der Waals surface area (Å²) in [4.78, 5) is 15.9. The zero-order chi connectivity index (χ0) is 26.7. The second-order valence-electron chi connectivity index (χ2n) is 7.64. The Morgan fingerprint density at radius 1 is 1.00 bits per heavy atom. The van der Waals surface area contributed by atoms with Gasteiger partial charge in [0.1, 0.15) is 27.9 Å². The highest BCUT2D eigenvalue weighted by molar-refractivity contribution is 7.93. The van der Waals surface area contributed by atoms with Gasteiger partial charge in [0.15, 0.2) is 5.82 Å². The van der Waals surface area contributed by atoms with Crippen molar-refractivity contribution in [2.24, 2.45) is 0 Å². The van der Waals surface area contributed by atoms with Gasteiger partial charge in [-0.3, -0.25) is 9.67 Å². The van der Waals surface area contributed by atoms with Crippen LogP contribution >= 0.6 is 0 Å². The second kappa shape index (κ2) is 10.4. The van der Waals surface area contributed by atoms with Crippen LogP contribution in [0.25, 0.3) is 22.4 Å². The molecule has 0 aliphatic heterocycles. The molecule has 0 bridgehead atoms. The SMILES string of the molecule is CCOC(=O)N(c1ccc(F)c(-c2nn(CC)cc2-c2ccncc2)c1F)S(=O)(=O)c1ccccc1F. The van der Waals surface area contributed by atoms with Crippen molar-refractivity contribution < 1.29 is 31.1 Å². The van der Waals surface area contributed by atoms with Crippen molar-refractivity contribution in [3.8, 4) is 22.4 Å². The van der Waals surface area contributed by atoms with E-state index in [0.717, 1.165) is 24.3 Å². The van der Waals surface area contributed by atoms with Crippen LogP contribution in [0.4, 0.5) is 23.7 Å². The van der Waals surface area contributed by atoms with Gasteiger partial charge in [0.2, 0.25) is 0 Å². The Morgan fingerprint density at radius 2 is 1.70 bits per heavy atom. The third-order valence-electron chi connectivity index (χ3n) is 5.39. The molecule has 0 fully saturated rings. The van der Waals surface area contributed by atoms with Crippen LogP contribution < -0.4 is 4.31 Å². The molecule has 2 aromatic carbocycles. The number of hydrogen-bond acceptors (Lipinski definition) is 6. The van der Waals surface area contributed by atoms with Gasteiger partial charge < -0.3 is 4.74 Å². The molecule has 2 heterocycles. The molecule has 0 aliphatic rings. The highest BCUT2D eigenvalue weighted by Crippen LogP contribution is 2.39. The van der Waals surface area contributed by atoms with Crippen LogP contribution in [0.2, 0.25) is 0 Å². The number of hydrogen-bond donors (Lipinski definition) is 0. The van der Waals surface area contributed by atoms with E-state index in [9.17, 15) is 17.6 Å². The van der Waals surface area contributed by atoms with Crippen molar-refractivity contribution >= 4 is 21.8 Å². The number of sulfonamides is 1. The van der Waals surface area contributed by atoms with Crippen LogP contribution in [-0.4, -0.2) is 35.9 Å². The van der Waals surface area contributed by atoms with Gasteiger partial charge in [-0.15, -0.1) is 0 Å². The summed E-state index contributed by atoms with van der Waals surface area (Å²) in [6, 6.07) is 9.10. The summed E-state index contributed by atoms with van der Waals surface area (Å²) in [6.45, 7) is 3.30. The minimum Gasteiger partial charge on any atom is -0.449 e. The minimum absolute atomic E-state index is 0.0177. The van der Waals surface area contributed by atoms with Crippen LogP contribution in [-0.2, 0) is 21.3 Å². The monoisotopic (exact) mass is 530 g/mol. The van der Waals surface area contributed by atoms with Gasteiger partial charge in [-0.1, -0.05) is 12.1 Å². The number of halogens is 3. The molecule has 0 saturated carbocycles. The number of ether oxygens (including phenoxy) is 1. The van der Waals surface area contributed by atoms with Crippen LogP contribution in [0, 0.1) is 17.5 Å². The van der Waals surface area contributed by atoms with Crippen LogP contribution in [0.5, 0.6) is 0 Å². The fourth-order valence-electron chi connectivity index (χ4n) is 3.69. The topological polar surface area (TPSA) is 94.4 Å². The van der Waals surface area contributed by atoms with Gasteiger partial charge in [-0.25, -0.2) is 26.4 Å². The van der Waals surface area contributed by atoms with E-state index in [1.807, 2.05) is 0 Å². The molecule has 0 radical (unpaired) electrons. The number of anilines is 1. The molecule has 0 saturated heterocycles. The summed E-state index contributed by atoms with van der Waals surface area (Å²) in [6.07, 6.45) is 3.08. The molecule has 192 valence electrons. The quantitative estimate of drug-likeness (QED) is 0.318. The van der Waals surface area contributed by atoms with Gasteiger partial charge in [0, 0.05) is 30.7 Å². The van der Waals surface area contributed by atoms with E-state index in [2.05, 4.69) is 10.1 Å². The molecule has 0 aliphatic carbocycles. The Bertz CT molecular complexity index is 1560. The van der Waals surface area contributed by atoms with E-state index < -0.39 is 49.7 Å². The van der Waals surface area contributed by atoms with E-state index in [4.69, 9.17) is 4.74 Å². The number of benzene rings is 2.